The Hall–Kier alpha value is -1.85. The lowest BCUT2D eigenvalue weighted by atomic mass is 9.88. The Balaban J connectivity index is 1.42. The molecule has 2 heterocycles. The molecule has 0 spiro atoms. The van der Waals surface area contributed by atoms with Crippen LogP contribution in [-0.4, -0.2) is 42.7 Å². The van der Waals surface area contributed by atoms with Crippen molar-refractivity contribution in [2.45, 2.75) is 32.1 Å². The minimum absolute atomic E-state index is 0.329. The van der Waals surface area contributed by atoms with Crippen LogP contribution in [0.3, 0.4) is 0 Å². The van der Waals surface area contributed by atoms with Gasteiger partial charge in [0.2, 0.25) is 0 Å². The Morgan fingerprint density at radius 1 is 0.929 bits per heavy atom. The molecule has 0 bridgehead atoms. The van der Waals surface area contributed by atoms with Crippen LogP contribution in [0.2, 0.25) is 0 Å². The first kappa shape index (κ1) is 19.5. The van der Waals surface area contributed by atoms with E-state index in [0.717, 1.165) is 31.7 Å². The zero-order valence-corrected chi connectivity index (χ0v) is 16.4. The number of hydrogen-bond donors (Lipinski definition) is 0. The number of aryl methyl sites for hydroxylation is 1. The van der Waals surface area contributed by atoms with Crippen LogP contribution in [0.1, 0.15) is 28.3 Å². The second-order valence-corrected chi connectivity index (χ2v) is 8.47. The van der Waals surface area contributed by atoms with Crippen molar-refractivity contribution in [3.8, 4) is 0 Å². The predicted octanol–water partition coefficient (Wildman–Crippen LogP) is 4.83. The van der Waals surface area contributed by atoms with E-state index in [4.69, 9.17) is 0 Å². The van der Waals surface area contributed by atoms with E-state index in [1.54, 1.807) is 12.1 Å². The molecule has 0 aromatic heterocycles. The molecule has 0 amide bonds. The fourth-order valence-corrected chi connectivity index (χ4v) is 5.12. The second kappa shape index (κ2) is 7.53. The summed E-state index contributed by atoms with van der Waals surface area (Å²) in [6.07, 6.45) is -5.00. The Labute approximate surface area is 165 Å². The monoisotopic (exact) mass is 388 g/mol. The molecule has 0 N–H and O–H groups in total. The third kappa shape index (κ3) is 4.11. The molecule has 2 nitrogen and oxygen atoms in total. The van der Waals surface area contributed by atoms with E-state index in [1.807, 2.05) is 12.1 Å². The summed E-state index contributed by atoms with van der Waals surface area (Å²) in [7, 11) is 2.22. The average Bonchev–Trinajstić information content (AvgIpc) is 3.12. The van der Waals surface area contributed by atoms with Crippen LogP contribution in [0.4, 0.5) is 13.2 Å². The summed E-state index contributed by atoms with van der Waals surface area (Å²) in [6, 6.07) is 16.0. The van der Waals surface area contributed by atoms with Gasteiger partial charge in [-0.1, -0.05) is 48.5 Å². The van der Waals surface area contributed by atoms with Crippen molar-refractivity contribution in [1.82, 2.24) is 9.80 Å². The van der Waals surface area contributed by atoms with Gasteiger partial charge in [0, 0.05) is 32.2 Å². The number of hydrogen-bond acceptors (Lipinski definition) is 2. The van der Waals surface area contributed by atoms with Gasteiger partial charge in [0.15, 0.2) is 0 Å². The summed E-state index contributed by atoms with van der Waals surface area (Å²) in [5.41, 5.74) is 4.19. The lowest BCUT2D eigenvalue weighted by molar-refractivity contribution is -0.127. The van der Waals surface area contributed by atoms with E-state index in [2.05, 4.69) is 48.0 Å². The van der Waals surface area contributed by atoms with Gasteiger partial charge in [0.25, 0.3) is 0 Å². The molecule has 2 saturated heterocycles. The maximum absolute atomic E-state index is 12.5. The SMILES string of the molecule is Cc1ccccc1[C@@H]1[C@@H]2CN(Cc3ccc(CC(F)(F)F)cc3)C[C@@H]2CN1C. The summed E-state index contributed by atoms with van der Waals surface area (Å²) >= 11 is 0. The summed E-state index contributed by atoms with van der Waals surface area (Å²) < 4.78 is 37.6. The number of alkyl halides is 3. The van der Waals surface area contributed by atoms with Crippen molar-refractivity contribution >= 4 is 0 Å². The maximum atomic E-state index is 12.5. The number of nitrogens with zero attached hydrogens (tertiary/aromatic N) is 2. The van der Waals surface area contributed by atoms with Crippen molar-refractivity contribution < 1.29 is 13.2 Å². The molecule has 3 atom stereocenters. The summed E-state index contributed by atoms with van der Waals surface area (Å²) in [5.74, 6) is 1.26. The van der Waals surface area contributed by atoms with Gasteiger partial charge < -0.3 is 0 Å². The molecule has 0 radical (unpaired) electrons. The van der Waals surface area contributed by atoms with Crippen LogP contribution in [0.15, 0.2) is 48.5 Å². The van der Waals surface area contributed by atoms with E-state index in [9.17, 15) is 13.2 Å². The fourth-order valence-electron chi connectivity index (χ4n) is 5.12. The molecule has 4 rings (SSSR count). The number of rotatable bonds is 4. The minimum atomic E-state index is -4.15. The van der Waals surface area contributed by atoms with Gasteiger partial charge >= 0.3 is 6.18 Å². The Morgan fingerprint density at radius 2 is 1.61 bits per heavy atom. The van der Waals surface area contributed by atoms with Gasteiger partial charge in [-0.05, 0) is 48.1 Å². The number of benzene rings is 2. The van der Waals surface area contributed by atoms with Crippen molar-refractivity contribution in [3.63, 3.8) is 0 Å². The molecular weight excluding hydrogens is 361 g/mol. The standard InChI is InChI=1S/C23H27F3N2/c1-16-5-3-4-6-20(16)22-21-15-28(14-19(21)13-27(22)2)12-18-9-7-17(8-10-18)11-23(24,25)26/h3-10,19,21-22H,11-15H2,1-2H3/t19-,21+,22+/m0/s1. The van der Waals surface area contributed by atoms with Gasteiger partial charge in [-0.3, -0.25) is 9.80 Å². The Kier molecular flexibility index (Phi) is 5.23. The zero-order valence-electron chi connectivity index (χ0n) is 16.4. The highest BCUT2D eigenvalue weighted by atomic mass is 19.4. The maximum Gasteiger partial charge on any atom is 0.393 e. The van der Waals surface area contributed by atoms with Gasteiger partial charge in [-0.15, -0.1) is 0 Å². The molecule has 2 aliphatic heterocycles. The summed E-state index contributed by atoms with van der Waals surface area (Å²) in [4.78, 5) is 4.95. The molecule has 0 saturated carbocycles. The lowest BCUT2D eigenvalue weighted by Crippen LogP contribution is -2.29. The van der Waals surface area contributed by atoms with Crippen LogP contribution in [0, 0.1) is 18.8 Å². The topological polar surface area (TPSA) is 6.48 Å². The van der Waals surface area contributed by atoms with Crippen LogP contribution in [-0.2, 0) is 13.0 Å². The molecule has 0 unspecified atom stereocenters. The van der Waals surface area contributed by atoms with E-state index in [1.165, 1.54) is 11.1 Å². The van der Waals surface area contributed by atoms with Crippen LogP contribution in [0.25, 0.3) is 0 Å². The first-order chi connectivity index (χ1) is 13.3. The summed E-state index contributed by atoms with van der Waals surface area (Å²) in [5, 5.41) is 0. The molecule has 150 valence electrons. The van der Waals surface area contributed by atoms with Crippen molar-refractivity contribution in [3.05, 3.63) is 70.8 Å². The van der Waals surface area contributed by atoms with Gasteiger partial charge in [-0.2, -0.15) is 13.2 Å². The predicted molar refractivity (Wildman–Crippen MR) is 105 cm³/mol. The number of halogens is 3. The quantitative estimate of drug-likeness (QED) is 0.740. The van der Waals surface area contributed by atoms with Gasteiger partial charge in [0.05, 0.1) is 6.42 Å². The molecule has 5 heteroatoms. The zero-order chi connectivity index (χ0) is 19.9. The average molecular weight is 388 g/mol. The van der Waals surface area contributed by atoms with E-state index >= 15 is 0 Å². The van der Waals surface area contributed by atoms with Crippen molar-refractivity contribution in [2.24, 2.45) is 11.8 Å². The fraction of sp³-hybridized carbons (Fsp3) is 0.478. The normalized spacial score (nSPS) is 26.0. The molecule has 0 aliphatic carbocycles. The first-order valence-corrected chi connectivity index (χ1v) is 9.93. The third-order valence-corrected chi connectivity index (χ3v) is 6.31. The highest BCUT2D eigenvalue weighted by Crippen LogP contribution is 2.45. The van der Waals surface area contributed by atoms with E-state index in [0.29, 0.717) is 23.4 Å². The Morgan fingerprint density at radius 3 is 2.29 bits per heavy atom. The van der Waals surface area contributed by atoms with Gasteiger partial charge in [0.1, 0.15) is 0 Å². The smallest absolute Gasteiger partial charge is 0.299 e. The summed E-state index contributed by atoms with van der Waals surface area (Å²) in [6.45, 7) is 6.19. The van der Waals surface area contributed by atoms with Crippen LogP contribution in [0.5, 0.6) is 0 Å². The van der Waals surface area contributed by atoms with Crippen molar-refractivity contribution in [2.75, 3.05) is 26.7 Å². The molecule has 2 aliphatic rings. The molecule has 2 aromatic rings. The van der Waals surface area contributed by atoms with Crippen LogP contribution >= 0.6 is 0 Å². The molecule has 2 fully saturated rings. The second-order valence-electron chi connectivity index (χ2n) is 8.47. The number of likely N-dealkylation sites (tertiary alicyclic amines) is 2. The molecule has 28 heavy (non-hydrogen) atoms. The highest BCUT2D eigenvalue weighted by molar-refractivity contribution is 5.31. The highest BCUT2D eigenvalue weighted by Gasteiger charge is 2.46. The first-order valence-electron chi connectivity index (χ1n) is 9.93. The van der Waals surface area contributed by atoms with E-state index < -0.39 is 12.6 Å². The van der Waals surface area contributed by atoms with Crippen molar-refractivity contribution in [1.29, 1.82) is 0 Å². The van der Waals surface area contributed by atoms with Gasteiger partial charge in [-0.25, -0.2) is 0 Å². The van der Waals surface area contributed by atoms with Crippen LogP contribution < -0.4 is 0 Å². The lowest BCUT2D eigenvalue weighted by Gasteiger charge is -2.28. The number of fused-ring (bicyclic) bond motifs is 1. The largest absolute Gasteiger partial charge is 0.393 e. The molecule has 2 aromatic carbocycles. The minimum Gasteiger partial charge on any atom is -0.299 e. The third-order valence-electron chi connectivity index (χ3n) is 6.31. The Bertz CT molecular complexity index is 815. The van der Waals surface area contributed by atoms with E-state index in [-0.39, 0.29) is 0 Å². The molecular formula is C23H27F3N2.